The number of fused-ring (bicyclic) bond motifs is 1. The van der Waals surface area contributed by atoms with Crippen molar-refractivity contribution in [3.05, 3.63) is 51.5 Å². The number of hydrogen-bond donors (Lipinski definition) is 0. The molecule has 1 saturated carbocycles. The molecule has 2 aromatic rings. The molecule has 3 aliphatic rings. The van der Waals surface area contributed by atoms with Crippen LogP contribution in [0, 0.1) is 0 Å². The van der Waals surface area contributed by atoms with Gasteiger partial charge in [-0.3, -0.25) is 14.6 Å². The van der Waals surface area contributed by atoms with Crippen molar-refractivity contribution in [2.24, 2.45) is 0 Å². The van der Waals surface area contributed by atoms with Crippen molar-refractivity contribution >= 4 is 11.8 Å². The Balaban J connectivity index is 1.09. The van der Waals surface area contributed by atoms with Crippen LogP contribution in [0.3, 0.4) is 0 Å². The molecule has 2 fully saturated rings. The summed E-state index contributed by atoms with van der Waals surface area (Å²) < 4.78 is 1.67. The Morgan fingerprint density at radius 1 is 1.03 bits per heavy atom. The van der Waals surface area contributed by atoms with E-state index in [1.54, 1.807) is 10.7 Å². The lowest BCUT2D eigenvalue weighted by atomic mass is 9.85. The van der Waals surface area contributed by atoms with Crippen molar-refractivity contribution < 1.29 is 0 Å². The topological polar surface area (TPSA) is 67.2 Å². The van der Waals surface area contributed by atoms with Gasteiger partial charge in [-0.25, -0.2) is 14.6 Å². The second-order valence-electron chi connectivity index (χ2n) is 8.68. The summed E-state index contributed by atoms with van der Waals surface area (Å²) >= 11 is 1.89. The van der Waals surface area contributed by atoms with Crippen LogP contribution in [0.4, 0.5) is 0 Å². The molecular weight excluding hydrogens is 396 g/mol. The van der Waals surface area contributed by atoms with Gasteiger partial charge in [0.15, 0.2) is 0 Å². The molecule has 0 radical (unpaired) electrons. The first kappa shape index (κ1) is 20.2. The minimum atomic E-state index is 0.0419. The van der Waals surface area contributed by atoms with E-state index in [-0.39, 0.29) is 5.56 Å². The number of piperazine rings is 1. The van der Waals surface area contributed by atoms with Crippen LogP contribution in [0.1, 0.15) is 47.8 Å². The zero-order valence-electron chi connectivity index (χ0n) is 17.5. The molecule has 0 spiro atoms. The predicted octanol–water partition coefficient (Wildman–Crippen LogP) is 1.91. The molecule has 2 aliphatic heterocycles. The number of hydrogen-bond acceptors (Lipinski definition) is 7. The lowest BCUT2D eigenvalue weighted by Gasteiger charge is -2.34. The molecule has 1 aliphatic carbocycles. The Kier molecular flexibility index (Phi) is 6.15. The SMILES string of the molecule is O=c1cc2c(nn1CCN1CCN(Cc3cnc(C4CCC4)nc3)CC1)CCSC2. The number of aryl methyl sites for hydroxylation is 1. The van der Waals surface area contributed by atoms with Gasteiger partial charge in [0.2, 0.25) is 0 Å². The first-order chi connectivity index (χ1) is 14.7. The molecule has 5 rings (SSSR count). The average molecular weight is 427 g/mol. The van der Waals surface area contributed by atoms with Gasteiger partial charge < -0.3 is 0 Å². The summed E-state index contributed by atoms with van der Waals surface area (Å²) in [6, 6.07) is 1.80. The molecule has 0 unspecified atom stereocenters. The summed E-state index contributed by atoms with van der Waals surface area (Å²) in [4.78, 5) is 26.5. The van der Waals surface area contributed by atoms with E-state index in [9.17, 15) is 4.79 Å². The van der Waals surface area contributed by atoms with E-state index >= 15 is 0 Å². The van der Waals surface area contributed by atoms with Crippen molar-refractivity contribution in [3.63, 3.8) is 0 Å². The lowest BCUT2D eigenvalue weighted by Crippen LogP contribution is -2.47. The van der Waals surface area contributed by atoms with Crippen LogP contribution in [0.5, 0.6) is 0 Å². The van der Waals surface area contributed by atoms with Crippen molar-refractivity contribution in [2.45, 2.75) is 50.4 Å². The van der Waals surface area contributed by atoms with E-state index in [0.29, 0.717) is 12.5 Å². The van der Waals surface area contributed by atoms with Gasteiger partial charge in [0.25, 0.3) is 5.56 Å². The van der Waals surface area contributed by atoms with Crippen LogP contribution in [-0.4, -0.2) is 68.0 Å². The van der Waals surface area contributed by atoms with Crippen molar-refractivity contribution in [3.8, 4) is 0 Å². The third-order valence-corrected chi connectivity index (χ3v) is 7.61. The van der Waals surface area contributed by atoms with Gasteiger partial charge in [-0.15, -0.1) is 0 Å². The summed E-state index contributed by atoms with van der Waals surface area (Å²) in [6.45, 7) is 6.60. The van der Waals surface area contributed by atoms with Crippen LogP contribution in [-0.2, 0) is 25.3 Å². The van der Waals surface area contributed by atoms with Crippen LogP contribution in [0.15, 0.2) is 23.3 Å². The third-order valence-electron chi connectivity index (χ3n) is 6.60. The molecule has 0 amide bonds. The minimum Gasteiger partial charge on any atom is -0.299 e. The maximum absolute atomic E-state index is 12.4. The number of rotatable bonds is 6. The van der Waals surface area contributed by atoms with Gasteiger partial charge in [0, 0.05) is 81.4 Å². The van der Waals surface area contributed by atoms with E-state index in [4.69, 9.17) is 0 Å². The third kappa shape index (κ3) is 4.60. The molecule has 0 atom stereocenters. The Hall–Kier alpha value is -1.77. The molecule has 7 nitrogen and oxygen atoms in total. The normalized spacial score (nSPS) is 20.7. The minimum absolute atomic E-state index is 0.0419. The first-order valence-electron chi connectivity index (χ1n) is 11.2. The van der Waals surface area contributed by atoms with E-state index in [1.165, 1.54) is 24.8 Å². The lowest BCUT2D eigenvalue weighted by molar-refractivity contribution is 0.122. The standard InChI is InChI=1S/C22H30N6OS/c29-21-12-19-16-30-11-4-20(19)25-28(21)10-9-26-5-7-27(8-6-26)15-17-13-23-22(24-14-17)18-2-1-3-18/h12-14,18H,1-11,15-16H2. The van der Waals surface area contributed by atoms with E-state index in [0.717, 1.165) is 74.3 Å². The van der Waals surface area contributed by atoms with Gasteiger partial charge in [-0.2, -0.15) is 16.9 Å². The summed E-state index contributed by atoms with van der Waals surface area (Å²) in [5.41, 5.74) is 3.49. The predicted molar refractivity (Wildman–Crippen MR) is 119 cm³/mol. The summed E-state index contributed by atoms with van der Waals surface area (Å²) in [6.07, 6.45) is 8.81. The van der Waals surface area contributed by atoms with Gasteiger partial charge in [-0.05, 0) is 24.2 Å². The molecule has 30 heavy (non-hydrogen) atoms. The van der Waals surface area contributed by atoms with Crippen molar-refractivity contribution in [1.82, 2.24) is 29.5 Å². The number of aromatic nitrogens is 4. The van der Waals surface area contributed by atoms with Crippen LogP contribution in [0.2, 0.25) is 0 Å². The second-order valence-corrected chi connectivity index (χ2v) is 9.78. The van der Waals surface area contributed by atoms with Crippen molar-refractivity contribution in [1.29, 1.82) is 0 Å². The maximum atomic E-state index is 12.4. The van der Waals surface area contributed by atoms with Crippen LogP contribution >= 0.6 is 11.8 Å². The molecule has 0 bridgehead atoms. The quantitative estimate of drug-likeness (QED) is 0.699. The Morgan fingerprint density at radius 2 is 1.80 bits per heavy atom. The Bertz CT molecular complexity index is 918. The average Bonchev–Trinajstić information content (AvgIpc) is 2.73. The molecule has 0 N–H and O–H groups in total. The zero-order chi connectivity index (χ0) is 20.3. The second kappa shape index (κ2) is 9.16. The molecule has 1 saturated heterocycles. The van der Waals surface area contributed by atoms with Crippen LogP contribution in [0.25, 0.3) is 0 Å². The fourth-order valence-corrected chi connectivity index (χ4v) is 5.35. The molecule has 2 aromatic heterocycles. The highest BCUT2D eigenvalue weighted by molar-refractivity contribution is 7.98. The van der Waals surface area contributed by atoms with Gasteiger partial charge >= 0.3 is 0 Å². The Labute approximate surface area is 181 Å². The van der Waals surface area contributed by atoms with E-state index in [2.05, 4.69) is 24.9 Å². The molecule has 160 valence electrons. The molecule has 4 heterocycles. The maximum Gasteiger partial charge on any atom is 0.267 e. The molecule has 8 heteroatoms. The van der Waals surface area contributed by atoms with Crippen LogP contribution < -0.4 is 5.56 Å². The molecule has 0 aromatic carbocycles. The smallest absolute Gasteiger partial charge is 0.267 e. The fraction of sp³-hybridized carbons (Fsp3) is 0.636. The number of nitrogens with zero attached hydrogens (tertiary/aromatic N) is 6. The highest BCUT2D eigenvalue weighted by atomic mass is 32.2. The number of thioether (sulfide) groups is 1. The highest BCUT2D eigenvalue weighted by Crippen LogP contribution is 2.33. The largest absolute Gasteiger partial charge is 0.299 e. The van der Waals surface area contributed by atoms with Gasteiger partial charge in [-0.1, -0.05) is 6.42 Å². The Morgan fingerprint density at radius 3 is 2.53 bits per heavy atom. The fourth-order valence-electron chi connectivity index (χ4n) is 4.40. The first-order valence-corrected chi connectivity index (χ1v) is 12.3. The zero-order valence-corrected chi connectivity index (χ0v) is 18.3. The highest BCUT2D eigenvalue weighted by Gasteiger charge is 2.22. The summed E-state index contributed by atoms with van der Waals surface area (Å²) in [5.74, 6) is 3.65. The van der Waals surface area contributed by atoms with E-state index < -0.39 is 0 Å². The van der Waals surface area contributed by atoms with E-state index in [1.807, 2.05) is 24.2 Å². The summed E-state index contributed by atoms with van der Waals surface area (Å²) in [5, 5.41) is 4.64. The van der Waals surface area contributed by atoms with Crippen molar-refractivity contribution in [2.75, 3.05) is 38.5 Å². The monoisotopic (exact) mass is 426 g/mol. The van der Waals surface area contributed by atoms with Gasteiger partial charge in [0.1, 0.15) is 5.82 Å². The molecular formula is C22H30N6OS. The van der Waals surface area contributed by atoms with Gasteiger partial charge in [0.05, 0.1) is 12.2 Å². The summed E-state index contributed by atoms with van der Waals surface area (Å²) in [7, 11) is 0.